The molecule has 0 bridgehead atoms. The summed E-state index contributed by atoms with van der Waals surface area (Å²) < 4.78 is 11.0. The Balaban J connectivity index is 1.83. The molecule has 0 spiro atoms. The molecule has 1 aliphatic carbocycles. The first kappa shape index (κ1) is 14.7. The molecule has 5 heteroatoms. The number of para-hydroxylation sites is 2. The van der Waals surface area contributed by atoms with Crippen LogP contribution in [0.1, 0.15) is 19.8 Å². The summed E-state index contributed by atoms with van der Waals surface area (Å²) in [5.41, 5.74) is 5.66. The van der Waals surface area contributed by atoms with Crippen LogP contribution in [0.2, 0.25) is 0 Å². The van der Waals surface area contributed by atoms with E-state index in [1.54, 1.807) is 6.07 Å². The standard InChI is InChI=1S/C15H22N2O3/c1-2-19-13-5-3-4-6-14(13)20-10-15(18)17-12(9-16)11-7-8-11/h3-6,11-12H,2,7-10,16H2,1H3,(H,17,18). The predicted octanol–water partition coefficient (Wildman–Crippen LogP) is 1.32. The van der Waals surface area contributed by atoms with Gasteiger partial charge in [-0.2, -0.15) is 0 Å². The molecule has 2 rings (SSSR count). The van der Waals surface area contributed by atoms with E-state index in [0.717, 1.165) is 12.8 Å². The quantitative estimate of drug-likeness (QED) is 0.752. The van der Waals surface area contributed by atoms with E-state index in [-0.39, 0.29) is 18.6 Å². The van der Waals surface area contributed by atoms with Gasteiger partial charge in [-0.05, 0) is 37.8 Å². The van der Waals surface area contributed by atoms with Crippen LogP contribution in [0.25, 0.3) is 0 Å². The van der Waals surface area contributed by atoms with Crippen molar-refractivity contribution in [2.45, 2.75) is 25.8 Å². The van der Waals surface area contributed by atoms with E-state index in [1.165, 1.54) is 0 Å². The number of rotatable bonds is 8. The Morgan fingerprint density at radius 1 is 1.35 bits per heavy atom. The van der Waals surface area contributed by atoms with Crippen LogP contribution in [-0.2, 0) is 4.79 Å². The van der Waals surface area contributed by atoms with Gasteiger partial charge in [0, 0.05) is 12.6 Å². The molecule has 0 aliphatic heterocycles. The maximum absolute atomic E-state index is 11.9. The van der Waals surface area contributed by atoms with Crippen LogP contribution < -0.4 is 20.5 Å². The first-order valence-electron chi connectivity index (χ1n) is 7.08. The number of carbonyl (C=O) groups excluding carboxylic acids is 1. The van der Waals surface area contributed by atoms with Crippen LogP contribution in [-0.4, -0.2) is 31.7 Å². The molecule has 1 saturated carbocycles. The molecule has 1 aromatic carbocycles. The van der Waals surface area contributed by atoms with Crippen molar-refractivity contribution >= 4 is 5.91 Å². The van der Waals surface area contributed by atoms with E-state index < -0.39 is 0 Å². The van der Waals surface area contributed by atoms with Gasteiger partial charge < -0.3 is 20.5 Å². The van der Waals surface area contributed by atoms with Gasteiger partial charge in [0.15, 0.2) is 18.1 Å². The topological polar surface area (TPSA) is 73.6 Å². The largest absolute Gasteiger partial charge is 0.490 e. The van der Waals surface area contributed by atoms with E-state index in [2.05, 4.69) is 5.32 Å². The lowest BCUT2D eigenvalue weighted by atomic mass is 10.2. The number of hydrogen-bond acceptors (Lipinski definition) is 4. The van der Waals surface area contributed by atoms with E-state index in [1.807, 2.05) is 25.1 Å². The zero-order chi connectivity index (χ0) is 14.4. The second-order valence-electron chi connectivity index (χ2n) is 4.92. The summed E-state index contributed by atoms with van der Waals surface area (Å²) >= 11 is 0. The van der Waals surface area contributed by atoms with Crippen molar-refractivity contribution < 1.29 is 14.3 Å². The monoisotopic (exact) mass is 278 g/mol. The zero-order valence-corrected chi connectivity index (χ0v) is 11.8. The van der Waals surface area contributed by atoms with E-state index in [9.17, 15) is 4.79 Å². The maximum atomic E-state index is 11.9. The van der Waals surface area contributed by atoms with Gasteiger partial charge in [-0.15, -0.1) is 0 Å². The van der Waals surface area contributed by atoms with Crippen LogP contribution in [0.4, 0.5) is 0 Å². The molecule has 1 unspecified atom stereocenters. The number of nitrogens with two attached hydrogens (primary N) is 1. The summed E-state index contributed by atoms with van der Waals surface area (Å²) in [6, 6.07) is 7.41. The Labute approximate surface area is 119 Å². The molecule has 0 radical (unpaired) electrons. The lowest BCUT2D eigenvalue weighted by Crippen LogP contribution is -2.43. The molecule has 1 fully saturated rings. The first-order chi connectivity index (χ1) is 9.74. The minimum atomic E-state index is -0.140. The van der Waals surface area contributed by atoms with Crippen LogP contribution in [0, 0.1) is 5.92 Å². The fourth-order valence-corrected chi connectivity index (χ4v) is 2.10. The maximum Gasteiger partial charge on any atom is 0.258 e. The minimum absolute atomic E-state index is 0.0205. The summed E-state index contributed by atoms with van der Waals surface area (Å²) in [5.74, 6) is 1.64. The van der Waals surface area contributed by atoms with Crippen molar-refractivity contribution in [3.63, 3.8) is 0 Å². The number of carbonyl (C=O) groups is 1. The lowest BCUT2D eigenvalue weighted by molar-refractivity contribution is -0.123. The molecule has 0 heterocycles. The average Bonchev–Trinajstić information content (AvgIpc) is 3.29. The molecular formula is C15H22N2O3. The Morgan fingerprint density at radius 2 is 2.00 bits per heavy atom. The van der Waals surface area contributed by atoms with Crippen LogP contribution in [0.3, 0.4) is 0 Å². The number of benzene rings is 1. The summed E-state index contributed by atoms with van der Waals surface area (Å²) in [6.45, 7) is 2.92. The van der Waals surface area contributed by atoms with Crippen molar-refractivity contribution in [2.24, 2.45) is 11.7 Å². The SMILES string of the molecule is CCOc1ccccc1OCC(=O)NC(CN)C1CC1. The minimum Gasteiger partial charge on any atom is -0.490 e. The van der Waals surface area contributed by atoms with E-state index in [4.69, 9.17) is 15.2 Å². The Hall–Kier alpha value is -1.75. The summed E-state index contributed by atoms with van der Waals surface area (Å²) in [5, 5.41) is 2.92. The van der Waals surface area contributed by atoms with Gasteiger partial charge in [0.05, 0.1) is 6.61 Å². The molecule has 110 valence electrons. The van der Waals surface area contributed by atoms with Crippen LogP contribution >= 0.6 is 0 Å². The van der Waals surface area contributed by atoms with Gasteiger partial charge in [-0.1, -0.05) is 12.1 Å². The molecule has 20 heavy (non-hydrogen) atoms. The third kappa shape index (κ3) is 4.13. The zero-order valence-electron chi connectivity index (χ0n) is 11.8. The first-order valence-corrected chi connectivity index (χ1v) is 7.08. The molecule has 1 aromatic rings. The molecule has 5 nitrogen and oxygen atoms in total. The highest BCUT2D eigenvalue weighted by atomic mass is 16.5. The van der Waals surface area contributed by atoms with Crippen molar-refractivity contribution in [2.75, 3.05) is 19.8 Å². The molecule has 0 saturated heterocycles. The van der Waals surface area contributed by atoms with Gasteiger partial charge in [-0.25, -0.2) is 0 Å². The van der Waals surface area contributed by atoms with Crippen molar-refractivity contribution in [3.05, 3.63) is 24.3 Å². The van der Waals surface area contributed by atoms with Crippen LogP contribution in [0.15, 0.2) is 24.3 Å². The number of ether oxygens (including phenoxy) is 2. The third-order valence-electron chi connectivity index (χ3n) is 3.30. The Morgan fingerprint density at radius 3 is 2.55 bits per heavy atom. The summed E-state index contributed by atoms with van der Waals surface area (Å²) in [6.07, 6.45) is 2.30. The highest BCUT2D eigenvalue weighted by Crippen LogP contribution is 2.32. The Kier molecular flexibility index (Phi) is 5.24. The molecule has 1 amide bonds. The molecule has 1 atom stereocenters. The normalized spacial score (nSPS) is 15.5. The van der Waals surface area contributed by atoms with Gasteiger partial charge >= 0.3 is 0 Å². The average molecular weight is 278 g/mol. The highest BCUT2D eigenvalue weighted by Gasteiger charge is 2.31. The third-order valence-corrected chi connectivity index (χ3v) is 3.30. The Bertz CT molecular complexity index is 446. The van der Waals surface area contributed by atoms with Crippen molar-refractivity contribution in [3.8, 4) is 11.5 Å². The van der Waals surface area contributed by atoms with Gasteiger partial charge in [0.25, 0.3) is 5.91 Å². The number of nitrogens with one attached hydrogen (secondary N) is 1. The molecular weight excluding hydrogens is 256 g/mol. The second-order valence-corrected chi connectivity index (χ2v) is 4.92. The predicted molar refractivity (Wildman–Crippen MR) is 76.8 cm³/mol. The molecule has 0 aromatic heterocycles. The lowest BCUT2D eigenvalue weighted by Gasteiger charge is -2.16. The summed E-state index contributed by atoms with van der Waals surface area (Å²) in [7, 11) is 0. The van der Waals surface area contributed by atoms with Gasteiger partial charge in [0.2, 0.25) is 0 Å². The highest BCUT2D eigenvalue weighted by molar-refractivity contribution is 5.78. The van der Waals surface area contributed by atoms with Crippen molar-refractivity contribution in [1.82, 2.24) is 5.32 Å². The van der Waals surface area contributed by atoms with E-state index >= 15 is 0 Å². The van der Waals surface area contributed by atoms with Gasteiger partial charge in [-0.3, -0.25) is 4.79 Å². The van der Waals surface area contributed by atoms with Crippen molar-refractivity contribution in [1.29, 1.82) is 0 Å². The number of amides is 1. The fourth-order valence-electron chi connectivity index (χ4n) is 2.10. The smallest absolute Gasteiger partial charge is 0.258 e. The van der Waals surface area contributed by atoms with Crippen LogP contribution in [0.5, 0.6) is 11.5 Å². The molecule has 3 N–H and O–H groups in total. The second kappa shape index (κ2) is 7.14. The summed E-state index contributed by atoms with van der Waals surface area (Å²) in [4.78, 5) is 11.9. The number of hydrogen-bond donors (Lipinski definition) is 2. The fraction of sp³-hybridized carbons (Fsp3) is 0.533. The van der Waals surface area contributed by atoms with Gasteiger partial charge in [0.1, 0.15) is 0 Å². The molecule has 1 aliphatic rings. The van der Waals surface area contributed by atoms with E-state index in [0.29, 0.717) is 30.6 Å².